The zero-order chi connectivity index (χ0) is 27.3. The Kier molecular flexibility index (Phi) is 7.10. The number of amides is 1. The third-order valence-electron chi connectivity index (χ3n) is 5.56. The van der Waals surface area contributed by atoms with E-state index in [1.807, 2.05) is 0 Å². The van der Waals surface area contributed by atoms with Gasteiger partial charge >= 0.3 is 12.1 Å². The number of alkyl halides is 3. The molecule has 1 atom stereocenters. The molecule has 2 heterocycles. The second kappa shape index (κ2) is 9.71. The highest BCUT2D eigenvalue weighted by Gasteiger charge is 2.33. The SMILES string of the molecule is CC(C)(C)OC(=O)CNC(=O)c1c(O)c2c(Br)ccc3c2n(c1=O)CC(c1ccc(C(F)(F)F)cc1)S3. The number of halogens is 4. The lowest BCUT2D eigenvalue weighted by molar-refractivity contribution is -0.153. The number of aromatic hydroxyl groups is 1. The van der Waals surface area contributed by atoms with E-state index in [1.54, 1.807) is 32.9 Å². The summed E-state index contributed by atoms with van der Waals surface area (Å²) in [5.41, 5.74) is -1.93. The van der Waals surface area contributed by atoms with Gasteiger partial charge in [0.2, 0.25) is 0 Å². The fourth-order valence-corrected chi connectivity index (χ4v) is 5.81. The molecule has 2 aromatic carbocycles. The van der Waals surface area contributed by atoms with Gasteiger partial charge in [0.15, 0.2) is 0 Å². The van der Waals surface area contributed by atoms with E-state index >= 15 is 0 Å². The minimum atomic E-state index is -4.47. The van der Waals surface area contributed by atoms with Gasteiger partial charge in [0.1, 0.15) is 23.5 Å². The number of carbonyl (C=O) groups is 2. The molecule has 1 unspecified atom stereocenters. The van der Waals surface area contributed by atoms with E-state index in [1.165, 1.54) is 28.5 Å². The number of nitrogens with zero attached hydrogens (tertiary/aromatic N) is 1. The summed E-state index contributed by atoms with van der Waals surface area (Å²) in [5.74, 6) is -2.22. The molecule has 196 valence electrons. The van der Waals surface area contributed by atoms with Crippen molar-refractivity contribution in [2.75, 3.05) is 6.54 Å². The lowest BCUT2D eigenvalue weighted by Gasteiger charge is -2.28. The van der Waals surface area contributed by atoms with Crippen LogP contribution in [-0.4, -0.2) is 33.7 Å². The minimum absolute atomic E-state index is 0.0431. The Morgan fingerprint density at radius 3 is 2.41 bits per heavy atom. The standard InChI is InChI=1S/C25H22BrF3N2O5S/c1-24(2,3)36-17(32)10-30-22(34)19-21(33)18-14(26)8-9-15-20(18)31(23(19)35)11-16(37-15)12-4-6-13(7-5-12)25(27,28)29/h4-9,16,33H,10-11H2,1-3H3,(H,30,34). The van der Waals surface area contributed by atoms with Crippen molar-refractivity contribution in [2.24, 2.45) is 0 Å². The highest BCUT2D eigenvalue weighted by molar-refractivity contribution is 9.10. The van der Waals surface area contributed by atoms with Gasteiger partial charge in [-0.25, -0.2) is 0 Å². The van der Waals surface area contributed by atoms with Crippen molar-refractivity contribution >= 4 is 50.5 Å². The lowest BCUT2D eigenvalue weighted by atomic mass is 10.1. The Balaban J connectivity index is 1.73. The van der Waals surface area contributed by atoms with Crippen molar-refractivity contribution in [1.82, 2.24) is 9.88 Å². The van der Waals surface area contributed by atoms with Gasteiger partial charge < -0.3 is 19.7 Å². The number of pyridine rings is 1. The Hall–Kier alpha value is -2.99. The lowest BCUT2D eigenvalue weighted by Crippen LogP contribution is -2.38. The van der Waals surface area contributed by atoms with E-state index in [-0.39, 0.29) is 11.9 Å². The first-order chi connectivity index (χ1) is 17.2. The number of aromatic nitrogens is 1. The second-order valence-corrected chi connectivity index (χ2v) is 11.5. The van der Waals surface area contributed by atoms with E-state index in [2.05, 4.69) is 21.2 Å². The first-order valence-electron chi connectivity index (χ1n) is 11.1. The number of thioether (sulfide) groups is 1. The van der Waals surface area contributed by atoms with Crippen LogP contribution in [0.25, 0.3) is 10.9 Å². The molecule has 0 aliphatic carbocycles. The number of hydrogen-bond acceptors (Lipinski definition) is 6. The molecule has 1 aliphatic heterocycles. The van der Waals surface area contributed by atoms with Crippen LogP contribution in [0.4, 0.5) is 13.2 Å². The van der Waals surface area contributed by atoms with Crippen LogP contribution < -0.4 is 10.9 Å². The van der Waals surface area contributed by atoms with E-state index in [0.717, 1.165) is 12.1 Å². The number of rotatable bonds is 4. The zero-order valence-corrected chi connectivity index (χ0v) is 22.3. The van der Waals surface area contributed by atoms with Crippen molar-refractivity contribution in [3.63, 3.8) is 0 Å². The van der Waals surface area contributed by atoms with Crippen LogP contribution in [-0.2, 0) is 22.3 Å². The third kappa shape index (κ3) is 5.49. The number of nitrogens with one attached hydrogen (secondary N) is 1. The Morgan fingerprint density at radius 1 is 1.16 bits per heavy atom. The van der Waals surface area contributed by atoms with Gasteiger partial charge in [0.25, 0.3) is 11.5 Å². The van der Waals surface area contributed by atoms with Gasteiger partial charge in [0, 0.05) is 15.9 Å². The summed E-state index contributed by atoms with van der Waals surface area (Å²) in [6, 6.07) is 8.07. The largest absolute Gasteiger partial charge is 0.506 e. The van der Waals surface area contributed by atoms with Gasteiger partial charge in [-0.1, -0.05) is 12.1 Å². The van der Waals surface area contributed by atoms with Gasteiger partial charge in [-0.2, -0.15) is 13.2 Å². The molecule has 12 heteroatoms. The molecule has 0 spiro atoms. The first kappa shape index (κ1) is 27.1. The summed E-state index contributed by atoms with van der Waals surface area (Å²) < 4.78 is 45.9. The molecule has 1 amide bonds. The predicted molar refractivity (Wildman–Crippen MR) is 136 cm³/mol. The average molecular weight is 599 g/mol. The van der Waals surface area contributed by atoms with Gasteiger partial charge in [-0.15, -0.1) is 11.8 Å². The summed E-state index contributed by atoms with van der Waals surface area (Å²) >= 11 is 4.70. The van der Waals surface area contributed by atoms with Gasteiger partial charge in [0.05, 0.1) is 21.7 Å². The highest BCUT2D eigenvalue weighted by Crippen LogP contribution is 2.47. The molecular formula is C25H22BrF3N2O5S. The maximum absolute atomic E-state index is 13.5. The molecule has 0 fully saturated rings. The molecule has 4 rings (SSSR count). The summed E-state index contributed by atoms with van der Waals surface area (Å²) in [7, 11) is 0. The third-order valence-corrected chi connectivity index (χ3v) is 7.51. The Bertz CT molecular complexity index is 1460. The fourth-order valence-electron chi connectivity index (χ4n) is 4.01. The summed E-state index contributed by atoms with van der Waals surface area (Å²) in [4.78, 5) is 39.1. The summed E-state index contributed by atoms with van der Waals surface area (Å²) in [6.45, 7) is 4.53. The number of ether oxygens (including phenoxy) is 1. The number of benzene rings is 2. The van der Waals surface area contributed by atoms with Crippen LogP contribution in [0.5, 0.6) is 5.75 Å². The van der Waals surface area contributed by atoms with E-state index in [0.29, 0.717) is 20.4 Å². The molecule has 0 saturated carbocycles. The van der Waals surface area contributed by atoms with E-state index in [9.17, 15) is 32.7 Å². The predicted octanol–water partition coefficient (Wildman–Crippen LogP) is 5.41. The molecule has 3 aromatic rings. The van der Waals surface area contributed by atoms with Crippen LogP contribution in [0.2, 0.25) is 0 Å². The van der Waals surface area contributed by atoms with E-state index in [4.69, 9.17) is 4.74 Å². The van der Waals surface area contributed by atoms with Crippen LogP contribution >= 0.6 is 27.7 Å². The molecule has 2 N–H and O–H groups in total. The van der Waals surface area contributed by atoms with Crippen molar-refractivity contribution in [2.45, 2.75) is 49.2 Å². The molecule has 37 heavy (non-hydrogen) atoms. The van der Waals surface area contributed by atoms with Crippen LogP contribution in [0.1, 0.15) is 47.5 Å². The van der Waals surface area contributed by atoms with Crippen molar-refractivity contribution in [3.8, 4) is 5.75 Å². The Labute approximate surface area is 222 Å². The van der Waals surface area contributed by atoms with Crippen LogP contribution in [0.15, 0.2) is 50.6 Å². The summed E-state index contributed by atoms with van der Waals surface area (Å²) in [6.07, 6.45) is -4.47. The monoisotopic (exact) mass is 598 g/mol. The summed E-state index contributed by atoms with van der Waals surface area (Å²) in [5, 5.41) is 13.1. The normalized spacial score (nSPS) is 15.5. The van der Waals surface area contributed by atoms with Gasteiger partial charge in [-0.3, -0.25) is 14.4 Å². The zero-order valence-electron chi connectivity index (χ0n) is 19.9. The smallest absolute Gasteiger partial charge is 0.416 e. The first-order valence-corrected chi connectivity index (χ1v) is 12.8. The topological polar surface area (TPSA) is 97.6 Å². The second-order valence-electron chi connectivity index (χ2n) is 9.40. The minimum Gasteiger partial charge on any atom is -0.506 e. The fraction of sp³-hybridized carbons (Fsp3) is 0.320. The molecule has 1 aromatic heterocycles. The van der Waals surface area contributed by atoms with Crippen molar-refractivity contribution in [3.05, 3.63) is 67.9 Å². The molecule has 0 radical (unpaired) electrons. The molecule has 7 nitrogen and oxygen atoms in total. The molecule has 0 saturated heterocycles. The molecular weight excluding hydrogens is 577 g/mol. The number of esters is 1. The van der Waals surface area contributed by atoms with Crippen LogP contribution in [0, 0.1) is 0 Å². The van der Waals surface area contributed by atoms with Crippen LogP contribution in [0.3, 0.4) is 0 Å². The number of carbonyl (C=O) groups excluding carboxylic acids is 2. The number of hydrogen-bond donors (Lipinski definition) is 2. The quantitative estimate of drug-likeness (QED) is 0.390. The average Bonchev–Trinajstić information content (AvgIpc) is 2.80. The van der Waals surface area contributed by atoms with Crippen molar-refractivity contribution in [1.29, 1.82) is 0 Å². The molecule has 0 bridgehead atoms. The highest BCUT2D eigenvalue weighted by atomic mass is 79.9. The van der Waals surface area contributed by atoms with Gasteiger partial charge in [-0.05, 0) is 66.5 Å². The molecule has 1 aliphatic rings. The maximum atomic E-state index is 13.5. The maximum Gasteiger partial charge on any atom is 0.416 e. The van der Waals surface area contributed by atoms with E-state index < -0.39 is 57.9 Å². The van der Waals surface area contributed by atoms with Crippen molar-refractivity contribution < 1.29 is 32.6 Å². The Morgan fingerprint density at radius 2 is 1.81 bits per heavy atom.